The molecule has 0 saturated heterocycles. The minimum absolute atomic E-state index is 0.0925. The van der Waals surface area contributed by atoms with Crippen LogP contribution in [0, 0.1) is 5.92 Å². The summed E-state index contributed by atoms with van der Waals surface area (Å²) in [7, 11) is 0. The molecule has 1 fully saturated rings. The minimum Gasteiger partial charge on any atom is -0.444 e. The zero-order chi connectivity index (χ0) is 14.0. The highest BCUT2D eigenvalue weighted by molar-refractivity contribution is 5.92. The lowest BCUT2D eigenvalue weighted by molar-refractivity contribution is -0.128. The van der Waals surface area contributed by atoms with Crippen LogP contribution in [-0.2, 0) is 9.53 Å². The van der Waals surface area contributed by atoms with Crippen molar-refractivity contribution in [1.82, 2.24) is 5.32 Å². The Morgan fingerprint density at radius 3 is 2.00 bits per heavy atom. The number of hydrogen-bond donors (Lipinski definition) is 1. The van der Waals surface area contributed by atoms with Gasteiger partial charge in [0.2, 0.25) is 0 Å². The van der Waals surface area contributed by atoms with Crippen molar-refractivity contribution < 1.29 is 14.3 Å². The normalized spacial score (nSPS) is 17.6. The molecule has 0 aliphatic heterocycles. The van der Waals surface area contributed by atoms with E-state index in [1.807, 2.05) is 0 Å². The number of ether oxygens (including phenoxy) is 1. The van der Waals surface area contributed by atoms with E-state index < -0.39 is 17.2 Å². The fraction of sp³-hybridized carbons (Fsp3) is 0.857. The fourth-order valence-corrected chi connectivity index (χ4v) is 2.32. The molecule has 0 spiro atoms. The van der Waals surface area contributed by atoms with Crippen LogP contribution in [0.1, 0.15) is 60.3 Å². The summed E-state index contributed by atoms with van der Waals surface area (Å²) < 4.78 is 5.18. The molecule has 104 valence electrons. The second kappa shape index (κ2) is 5.29. The number of hydrogen-bond acceptors (Lipinski definition) is 3. The molecule has 1 amide bonds. The summed E-state index contributed by atoms with van der Waals surface area (Å²) in [5, 5.41) is 2.68. The van der Waals surface area contributed by atoms with E-state index in [4.69, 9.17) is 4.74 Å². The average Bonchev–Trinajstić information content (AvgIpc) is 2.64. The van der Waals surface area contributed by atoms with Crippen molar-refractivity contribution in [3.8, 4) is 0 Å². The SMILES string of the molecule is CC(C)(C)OC(=O)NC(C)(C)C(=O)C1CCCC1. The maximum atomic E-state index is 12.3. The Kier molecular flexibility index (Phi) is 4.41. The van der Waals surface area contributed by atoms with Crippen LogP contribution in [-0.4, -0.2) is 23.0 Å². The Hall–Kier alpha value is -1.06. The van der Waals surface area contributed by atoms with E-state index in [0.717, 1.165) is 25.7 Å². The third-order valence-corrected chi connectivity index (χ3v) is 3.16. The Morgan fingerprint density at radius 2 is 1.56 bits per heavy atom. The molecule has 1 N–H and O–H groups in total. The summed E-state index contributed by atoms with van der Waals surface area (Å²) in [6, 6.07) is 0. The summed E-state index contributed by atoms with van der Waals surface area (Å²) in [6.45, 7) is 8.91. The van der Waals surface area contributed by atoms with Gasteiger partial charge in [0, 0.05) is 5.92 Å². The van der Waals surface area contributed by atoms with Gasteiger partial charge in [-0.2, -0.15) is 0 Å². The van der Waals surface area contributed by atoms with E-state index in [0.29, 0.717) is 0 Å². The molecule has 1 aliphatic rings. The van der Waals surface area contributed by atoms with Gasteiger partial charge >= 0.3 is 6.09 Å². The summed E-state index contributed by atoms with van der Waals surface area (Å²) in [5.41, 5.74) is -1.39. The molecule has 1 rings (SSSR count). The molecule has 0 atom stereocenters. The van der Waals surface area contributed by atoms with Gasteiger partial charge in [0.15, 0.2) is 5.78 Å². The molecule has 18 heavy (non-hydrogen) atoms. The largest absolute Gasteiger partial charge is 0.444 e. The molecule has 0 heterocycles. The molecule has 0 bridgehead atoms. The third-order valence-electron chi connectivity index (χ3n) is 3.16. The summed E-state index contributed by atoms with van der Waals surface area (Å²) >= 11 is 0. The molecule has 4 heteroatoms. The van der Waals surface area contributed by atoms with E-state index in [9.17, 15) is 9.59 Å². The zero-order valence-electron chi connectivity index (χ0n) is 12.1. The summed E-state index contributed by atoms with van der Waals surface area (Å²) in [4.78, 5) is 24.0. The van der Waals surface area contributed by atoms with E-state index in [1.54, 1.807) is 34.6 Å². The maximum absolute atomic E-state index is 12.3. The van der Waals surface area contributed by atoms with Crippen molar-refractivity contribution in [2.45, 2.75) is 71.4 Å². The summed E-state index contributed by atoms with van der Waals surface area (Å²) in [6.07, 6.45) is 3.58. The molecule has 0 aromatic rings. The van der Waals surface area contributed by atoms with Gasteiger partial charge in [-0.3, -0.25) is 4.79 Å². The Bertz CT molecular complexity index is 322. The second-order valence-corrected chi connectivity index (χ2v) is 6.60. The highest BCUT2D eigenvalue weighted by Gasteiger charge is 2.37. The Labute approximate surface area is 109 Å². The van der Waals surface area contributed by atoms with Crippen LogP contribution in [0.25, 0.3) is 0 Å². The molecule has 1 saturated carbocycles. The number of Topliss-reactive ketones (excluding diaryl/α,β-unsaturated/α-hetero) is 1. The fourth-order valence-electron chi connectivity index (χ4n) is 2.32. The third kappa shape index (κ3) is 4.31. The zero-order valence-corrected chi connectivity index (χ0v) is 12.1. The van der Waals surface area contributed by atoms with Crippen LogP contribution in [0.5, 0.6) is 0 Å². The van der Waals surface area contributed by atoms with Crippen LogP contribution in [0.15, 0.2) is 0 Å². The molecule has 0 unspecified atom stereocenters. The number of amides is 1. The minimum atomic E-state index is -0.850. The van der Waals surface area contributed by atoms with Crippen LogP contribution in [0.3, 0.4) is 0 Å². The number of alkyl carbamates (subject to hydrolysis) is 1. The van der Waals surface area contributed by atoms with Crippen LogP contribution < -0.4 is 5.32 Å². The van der Waals surface area contributed by atoms with E-state index in [1.165, 1.54) is 0 Å². The quantitative estimate of drug-likeness (QED) is 0.843. The molecule has 1 aliphatic carbocycles. The Morgan fingerprint density at radius 1 is 1.06 bits per heavy atom. The number of rotatable bonds is 3. The standard InChI is InChI=1S/C14H25NO3/c1-13(2,3)18-12(17)15-14(4,5)11(16)10-8-6-7-9-10/h10H,6-9H2,1-5H3,(H,15,17). The van der Waals surface area contributed by atoms with Crippen LogP contribution >= 0.6 is 0 Å². The molecular formula is C14H25NO3. The first-order chi connectivity index (χ1) is 8.12. The molecule has 0 aromatic heterocycles. The van der Waals surface area contributed by atoms with Gasteiger partial charge in [0.25, 0.3) is 0 Å². The second-order valence-electron chi connectivity index (χ2n) is 6.60. The lowest BCUT2D eigenvalue weighted by atomic mass is 9.88. The van der Waals surface area contributed by atoms with Gasteiger partial charge in [-0.25, -0.2) is 4.79 Å². The van der Waals surface area contributed by atoms with Crippen LogP contribution in [0.4, 0.5) is 4.79 Å². The highest BCUT2D eigenvalue weighted by Crippen LogP contribution is 2.29. The number of ketones is 1. The van der Waals surface area contributed by atoms with E-state index >= 15 is 0 Å². The van der Waals surface area contributed by atoms with E-state index in [2.05, 4.69) is 5.32 Å². The topological polar surface area (TPSA) is 55.4 Å². The average molecular weight is 255 g/mol. The van der Waals surface area contributed by atoms with Gasteiger partial charge in [0.05, 0.1) is 5.54 Å². The number of nitrogens with one attached hydrogen (secondary N) is 1. The predicted molar refractivity (Wildman–Crippen MR) is 70.4 cm³/mol. The number of carbonyl (C=O) groups excluding carboxylic acids is 2. The first-order valence-corrected chi connectivity index (χ1v) is 6.67. The van der Waals surface area contributed by atoms with E-state index in [-0.39, 0.29) is 11.7 Å². The van der Waals surface area contributed by atoms with Crippen LogP contribution in [0.2, 0.25) is 0 Å². The van der Waals surface area contributed by atoms with Crippen molar-refractivity contribution in [2.24, 2.45) is 5.92 Å². The first-order valence-electron chi connectivity index (χ1n) is 6.67. The van der Waals surface area contributed by atoms with Crippen molar-refractivity contribution in [3.05, 3.63) is 0 Å². The first kappa shape index (κ1) is 15.0. The molecule has 4 nitrogen and oxygen atoms in total. The highest BCUT2D eigenvalue weighted by atomic mass is 16.6. The predicted octanol–water partition coefficient (Wildman–Crippen LogP) is 3.05. The smallest absolute Gasteiger partial charge is 0.408 e. The summed E-state index contributed by atoms with van der Waals surface area (Å²) in [5.74, 6) is 0.209. The van der Waals surface area contributed by atoms with Gasteiger partial charge < -0.3 is 10.1 Å². The molecule has 0 radical (unpaired) electrons. The van der Waals surface area contributed by atoms with Gasteiger partial charge in [-0.1, -0.05) is 12.8 Å². The Balaban J connectivity index is 2.57. The van der Waals surface area contributed by atoms with Gasteiger partial charge in [0.1, 0.15) is 5.60 Å². The lowest BCUT2D eigenvalue weighted by Crippen LogP contribution is -2.52. The van der Waals surface area contributed by atoms with Crippen molar-refractivity contribution in [2.75, 3.05) is 0 Å². The number of carbonyl (C=O) groups is 2. The lowest BCUT2D eigenvalue weighted by Gasteiger charge is -2.29. The maximum Gasteiger partial charge on any atom is 0.408 e. The monoisotopic (exact) mass is 255 g/mol. The molecular weight excluding hydrogens is 230 g/mol. The van der Waals surface area contributed by atoms with Gasteiger partial charge in [-0.15, -0.1) is 0 Å². The van der Waals surface area contributed by atoms with Crippen molar-refractivity contribution in [1.29, 1.82) is 0 Å². The van der Waals surface area contributed by atoms with Gasteiger partial charge in [-0.05, 0) is 47.5 Å². The van der Waals surface area contributed by atoms with Crippen molar-refractivity contribution >= 4 is 11.9 Å². The van der Waals surface area contributed by atoms with Crippen molar-refractivity contribution in [3.63, 3.8) is 0 Å². The molecule has 0 aromatic carbocycles.